The van der Waals surface area contributed by atoms with Gasteiger partial charge in [-0.2, -0.15) is 18.3 Å². The number of rotatable bonds is 2. The van der Waals surface area contributed by atoms with Crippen LogP contribution in [0.1, 0.15) is 29.0 Å². The van der Waals surface area contributed by atoms with Crippen LogP contribution in [-0.2, 0) is 11.0 Å². The fraction of sp³-hybridized carbons (Fsp3) is 0.158. The van der Waals surface area contributed by atoms with Crippen molar-refractivity contribution in [2.75, 3.05) is 5.32 Å². The lowest BCUT2D eigenvalue weighted by Crippen LogP contribution is -2.24. The van der Waals surface area contributed by atoms with Crippen molar-refractivity contribution in [2.45, 2.75) is 18.5 Å². The normalized spacial score (nSPS) is 16.7. The van der Waals surface area contributed by atoms with Crippen LogP contribution in [0.4, 0.5) is 19.0 Å². The summed E-state index contributed by atoms with van der Waals surface area (Å²) in [4.78, 5) is 12.2. The summed E-state index contributed by atoms with van der Waals surface area (Å²) in [5.41, 5.74) is 1.39. The second kappa shape index (κ2) is 6.42. The van der Waals surface area contributed by atoms with Gasteiger partial charge in [-0.1, -0.05) is 23.7 Å². The van der Waals surface area contributed by atoms with Crippen molar-refractivity contribution in [2.24, 2.45) is 0 Å². The number of nitrogens with zero attached hydrogens (tertiary/aromatic N) is 2. The summed E-state index contributed by atoms with van der Waals surface area (Å²) in [6.07, 6.45) is -2.62. The largest absolute Gasteiger partial charge is 0.416 e. The number of fused-ring (bicyclic) bond motifs is 1. The summed E-state index contributed by atoms with van der Waals surface area (Å²) in [5, 5.41) is 7.72. The number of anilines is 1. The Morgan fingerprint density at radius 2 is 1.74 bits per heavy atom. The molecule has 27 heavy (non-hydrogen) atoms. The van der Waals surface area contributed by atoms with E-state index in [1.54, 1.807) is 35.1 Å². The van der Waals surface area contributed by atoms with E-state index in [1.807, 2.05) is 0 Å². The van der Waals surface area contributed by atoms with E-state index in [-0.39, 0.29) is 18.2 Å². The first-order chi connectivity index (χ1) is 12.8. The fourth-order valence-corrected chi connectivity index (χ4v) is 3.33. The van der Waals surface area contributed by atoms with Crippen LogP contribution in [0.2, 0.25) is 5.02 Å². The first-order valence-electron chi connectivity index (χ1n) is 8.14. The van der Waals surface area contributed by atoms with E-state index in [2.05, 4.69) is 10.4 Å². The molecular weight excluding hydrogens is 379 g/mol. The lowest BCUT2D eigenvalue weighted by Gasteiger charge is -2.24. The molecule has 3 aromatic rings. The number of carbonyl (C=O) groups is 1. The summed E-state index contributed by atoms with van der Waals surface area (Å²) in [6.45, 7) is 0. The number of carbonyl (C=O) groups excluding carboxylic acids is 1. The molecule has 1 amide bonds. The zero-order valence-electron chi connectivity index (χ0n) is 13.8. The van der Waals surface area contributed by atoms with E-state index in [0.717, 1.165) is 17.7 Å². The van der Waals surface area contributed by atoms with Crippen molar-refractivity contribution < 1.29 is 18.0 Å². The van der Waals surface area contributed by atoms with Crippen LogP contribution in [0.3, 0.4) is 0 Å². The lowest BCUT2D eigenvalue weighted by molar-refractivity contribution is -0.137. The maximum absolute atomic E-state index is 12.8. The Morgan fingerprint density at radius 1 is 1.07 bits per heavy atom. The summed E-state index contributed by atoms with van der Waals surface area (Å²) in [7, 11) is 0. The molecule has 8 heteroatoms. The quantitative estimate of drug-likeness (QED) is 0.666. The number of aromatic nitrogens is 2. The van der Waals surface area contributed by atoms with Crippen LogP contribution in [0.15, 0.2) is 54.7 Å². The molecule has 1 N–H and O–H groups in total. The Balaban J connectivity index is 1.74. The van der Waals surface area contributed by atoms with Crippen molar-refractivity contribution in [1.29, 1.82) is 0 Å². The van der Waals surface area contributed by atoms with Gasteiger partial charge in [0, 0.05) is 22.9 Å². The van der Waals surface area contributed by atoms with Crippen LogP contribution < -0.4 is 5.32 Å². The molecule has 138 valence electrons. The first kappa shape index (κ1) is 17.6. The average Bonchev–Trinajstić information content (AvgIpc) is 3.05. The maximum Gasteiger partial charge on any atom is 0.416 e. The predicted molar refractivity (Wildman–Crippen MR) is 95.1 cm³/mol. The lowest BCUT2D eigenvalue weighted by atomic mass is 9.87. The van der Waals surface area contributed by atoms with Crippen molar-refractivity contribution >= 4 is 23.3 Å². The second-order valence-electron chi connectivity index (χ2n) is 6.26. The van der Waals surface area contributed by atoms with Crippen molar-refractivity contribution in [3.8, 4) is 5.69 Å². The standard InChI is InChI=1S/C19H13ClF3N3O/c20-13-5-7-14(8-6-13)26-18-16(10-24-26)15(9-17(27)25-18)11-1-3-12(4-2-11)19(21,22)23/h1-8,10,15H,9H2,(H,25,27)/t15-/m1/s1. The molecule has 1 aliphatic heterocycles. The third kappa shape index (κ3) is 3.30. The number of hydrogen-bond donors (Lipinski definition) is 1. The molecule has 0 saturated heterocycles. The van der Waals surface area contributed by atoms with Gasteiger partial charge in [0.25, 0.3) is 0 Å². The highest BCUT2D eigenvalue weighted by Gasteiger charge is 2.33. The fourth-order valence-electron chi connectivity index (χ4n) is 3.20. The Labute approximate surface area is 157 Å². The van der Waals surface area contributed by atoms with Crippen LogP contribution >= 0.6 is 11.6 Å². The van der Waals surface area contributed by atoms with Gasteiger partial charge < -0.3 is 5.32 Å². The average molecular weight is 392 g/mol. The molecule has 4 nitrogen and oxygen atoms in total. The molecule has 1 aromatic heterocycles. The zero-order valence-corrected chi connectivity index (χ0v) is 14.6. The van der Waals surface area contributed by atoms with E-state index in [0.29, 0.717) is 22.1 Å². The van der Waals surface area contributed by atoms with Gasteiger partial charge in [-0.05, 0) is 42.0 Å². The molecule has 0 fully saturated rings. The number of nitrogens with one attached hydrogen (secondary N) is 1. The molecule has 1 atom stereocenters. The first-order valence-corrected chi connectivity index (χ1v) is 8.51. The number of alkyl halides is 3. The molecule has 0 bridgehead atoms. The third-order valence-electron chi connectivity index (χ3n) is 4.53. The van der Waals surface area contributed by atoms with Crippen LogP contribution in [0, 0.1) is 0 Å². The number of benzene rings is 2. The van der Waals surface area contributed by atoms with Crippen LogP contribution in [0.25, 0.3) is 5.69 Å². The van der Waals surface area contributed by atoms with Crippen molar-refractivity contribution in [3.05, 3.63) is 76.4 Å². The Bertz CT molecular complexity index is 995. The molecule has 0 radical (unpaired) electrons. The topological polar surface area (TPSA) is 46.9 Å². The minimum atomic E-state index is -4.40. The highest BCUT2D eigenvalue weighted by Crippen LogP contribution is 2.39. The third-order valence-corrected chi connectivity index (χ3v) is 4.78. The zero-order chi connectivity index (χ0) is 19.2. The molecule has 0 aliphatic carbocycles. The summed E-state index contributed by atoms with van der Waals surface area (Å²) >= 11 is 5.91. The summed E-state index contributed by atoms with van der Waals surface area (Å²) < 4.78 is 40.0. The van der Waals surface area contributed by atoms with Gasteiger partial charge in [0.1, 0.15) is 5.82 Å². The number of halogens is 4. The van der Waals surface area contributed by atoms with E-state index in [1.165, 1.54) is 12.1 Å². The van der Waals surface area contributed by atoms with Gasteiger partial charge in [-0.15, -0.1) is 0 Å². The second-order valence-corrected chi connectivity index (χ2v) is 6.70. The van der Waals surface area contributed by atoms with Crippen LogP contribution in [0.5, 0.6) is 0 Å². The highest BCUT2D eigenvalue weighted by atomic mass is 35.5. The number of amides is 1. The van der Waals surface area contributed by atoms with Crippen molar-refractivity contribution in [1.82, 2.24) is 9.78 Å². The van der Waals surface area contributed by atoms with Gasteiger partial charge >= 0.3 is 6.18 Å². The summed E-state index contributed by atoms with van der Waals surface area (Å²) in [6, 6.07) is 11.8. The van der Waals surface area contributed by atoms with Crippen molar-refractivity contribution in [3.63, 3.8) is 0 Å². The molecule has 0 spiro atoms. The van der Waals surface area contributed by atoms with Gasteiger partial charge in [0.2, 0.25) is 5.91 Å². The molecule has 2 heterocycles. The van der Waals surface area contributed by atoms with E-state index in [4.69, 9.17) is 11.6 Å². The summed E-state index contributed by atoms with van der Waals surface area (Å²) in [5.74, 6) is -0.0707. The van der Waals surface area contributed by atoms with Gasteiger partial charge in [-0.3, -0.25) is 4.79 Å². The molecule has 2 aromatic carbocycles. The van der Waals surface area contributed by atoms with Gasteiger partial charge in [-0.25, -0.2) is 4.68 Å². The van der Waals surface area contributed by atoms with Crippen LogP contribution in [-0.4, -0.2) is 15.7 Å². The molecule has 1 aliphatic rings. The SMILES string of the molecule is O=C1C[C@H](c2ccc(C(F)(F)F)cc2)c2cnn(-c3ccc(Cl)cc3)c2N1. The minimum absolute atomic E-state index is 0.144. The van der Waals surface area contributed by atoms with E-state index in [9.17, 15) is 18.0 Å². The smallest absolute Gasteiger partial charge is 0.310 e. The van der Waals surface area contributed by atoms with Gasteiger partial charge in [0.15, 0.2) is 0 Å². The van der Waals surface area contributed by atoms with E-state index < -0.39 is 11.7 Å². The molecule has 0 saturated carbocycles. The maximum atomic E-state index is 12.8. The minimum Gasteiger partial charge on any atom is -0.310 e. The Hall–Kier alpha value is -2.80. The monoisotopic (exact) mass is 391 g/mol. The number of hydrogen-bond acceptors (Lipinski definition) is 2. The Morgan fingerprint density at radius 3 is 2.37 bits per heavy atom. The van der Waals surface area contributed by atoms with Gasteiger partial charge in [0.05, 0.1) is 17.4 Å². The highest BCUT2D eigenvalue weighted by molar-refractivity contribution is 6.30. The predicted octanol–water partition coefficient (Wildman–Crippen LogP) is 5.02. The Kier molecular flexibility index (Phi) is 4.19. The van der Waals surface area contributed by atoms with E-state index >= 15 is 0 Å². The molecule has 0 unspecified atom stereocenters. The molecular formula is C19H13ClF3N3O. The molecule has 4 rings (SSSR count).